The third-order valence-electron chi connectivity index (χ3n) is 5.90. The Morgan fingerprint density at radius 2 is 2.00 bits per heavy atom. The zero-order chi connectivity index (χ0) is 19.3. The molecule has 1 saturated heterocycles. The van der Waals surface area contributed by atoms with Crippen molar-refractivity contribution >= 4 is 21.6 Å². The highest BCUT2D eigenvalue weighted by Crippen LogP contribution is 2.38. The minimum Gasteiger partial charge on any atom is -0.326 e. The molecule has 1 saturated carbocycles. The molecule has 9 heteroatoms. The topological polar surface area (TPSA) is 97.2 Å². The predicted octanol–water partition coefficient (Wildman–Crippen LogP) is 2.07. The van der Waals surface area contributed by atoms with Crippen LogP contribution in [0.25, 0.3) is 0 Å². The van der Waals surface area contributed by atoms with Crippen molar-refractivity contribution < 1.29 is 13.2 Å². The highest BCUT2D eigenvalue weighted by atomic mass is 32.2. The van der Waals surface area contributed by atoms with E-state index in [1.54, 1.807) is 28.8 Å². The van der Waals surface area contributed by atoms with Gasteiger partial charge in [-0.2, -0.15) is 4.31 Å². The molecular weight excluding hydrogens is 378 g/mol. The first-order valence-electron chi connectivity index (χ1n) is 9.85. The van der Waals surface area contributed by atoms with Crippen LogP contribution in [-0.4, -0.2) is 46.5 Å². The van der Waals surface area contributed by atoms with Gasteiger partial charge in [0.15, 0.2) is 0 Å². The summed E-state index contributed by atoms with van der Waals surface area (Å²) in [5.41, 5.74) is 1.59. The quantitative estimate of drug-likeness (QED) is 0.846. The molecule has 1 aromatic carbocycles. The third-order valence-corrected chi connectivity index (χ3v) is 7.76. The molecule has 1 aromatic heterocycles. The first kappa shape index (κ1) is 17.8. The number of anilines is 1. The molecule has 2 fully saturated rings. The van der Waals surface area contributed by atoms with Crippen molar-refractivity contribution in [1.29, 1.82) is 0 Å². The van der Waals surface area contributed by atoms with Crippen molar-refractivity contribution in [3.8, 4) is 0 Å². The summed E-state index contributed by atoms with van der Waals surface area (Å²) in [5, 5.41) is 11.2. The molecule has 2 aromatic rings. The van der Waals surface area contributed by atoms with Crippen molar-refractivity contribution in [3.63, 3.8) is 0 Å². The molecule has 3 aliphatic rings. The lowest BCUT2D eigenvalue weighted by atomic mass is 9.99. The van der Waals surface area contributed by atoms with Gasteiger partial charge < -0.3 is 9.88 Å². The Balaban J connectivity index is 1.40. The minimum atomic E-state index is -3.59. The van der Waals surface area contributed by atoms with E-state index in [1.165, 1.54) is 0 Å². The van der Waals surface area contributed by atoms with Crippen LogP contribution in [0.2, 0.25) is 0 Å². The Morgan fingerprint density at radius 3 is 2.82 bits per heavy atom. The van der Waals surface area contributed by atoms with Gasteiger partial charge in [0.25, 0.3) is 0 Å². The number of piperidine rings is 1. The maximum absolute atomic E-state index is 13.3. The van der Waals surface area contributed by atoms with Gasteiger partial charge >= 0.3 is 0 Å². The largest absolute Gasteiger partial charge is 0.326 e. The number of benzene rings is 1. The molecule has 1 amide bonds. The first-order valence-corrected chi connectivity index (χ1v) is 11.3. The molecule has 0 spiro atoms. The van der Waals surface area contributed by atoms with Crippen molar-refractivity contribution in [2.24, 2.45) is 0 Å². The van der Waals surface area contributed by atoms with Crippen LogP contribution >= 0.6 is 0 Å². The fourth-order valence-corrected chi connectivity index (χ4v) is 5.79. The number of nitrogens with zero attached hydrogens (tertiary/aromatic N) is 4. The zero-order valence-corrected chi connectivity index (χ0v) is 16.4. The second-order valence-electron chi connectivity index (χ2n) is 7.90. The Bertz CT molecular complexity index is 1030. The Kier molecular flexibility index (Phi) is 4.24. The Hall–Kier alpha value is -2.26. The lowest BCUT2D eigenvalue weighted by Gasteiger charge is -2.32. The van der Waals surface area contributed by atoms with Crippen molar-refractivity contribution in [1.82, 2.24) is 19.1 Å². The van der Waals surface area contributed by atoms with E-state index < -0.39 is 10.0 Å². The second-order valence-corrected chi connectivity index (χ2v) is 9.83. The monoisotopic (exact) mass is 401 g/mol. The summed E-state index contributed by atoms with van der Waals surface area (Å²) in [6, 6.07) is 5.48. The number of carbonyl (C=O) groups excluding carboxylic acids is 1. The molecular formula is C19H23N5O3S. The van der Waals surface area contributed by atoms with Crippen LogP contribution in [-0.2, 0) is 21.2 Å². The van der Waals surface area contributed by atoms with Crippen molar-refractivity contribution in [2.75, 3.05) is 18.4 Å². The zero-order valence-electron chi connectivity index (χ0n) is 15.5. The van der Waals surface area contributed by atoms with E-state index in [4.69, 9.17) is 0 Å². The molecule has 2 aliphatic heterocycles. The minimum absolute atomic E-state index is 0.0262. The van der Waals surface area contributed by atoms with Gasteiger partial charge in [0.05, 0.1) is 4.90 Å². The molecule has 0 unspecified atom stereocenters. The summed E-state index contributed by atoms with van der Waals surface area (Å²) in [6.45, 7) is 0.950. The standard InChI is InChI=1S/C19H23N5O3S/c25-18-8-3-13-10-16(6-7-17(13)21-18)28(26,27)23-9-1-2-14(11-23)19-22-20-12-24(19)15-4-5-15/h6-7,10,12,14-15H,1-5,8-9,11H2,(H,21,25)/t14-/m1/s1. The number of hydrogen-bond acceptors (Lipinski definition) is 5. The van der Waals surface area contributed by atoms with E-state index in [-0.39, 0.29) is 11.8 Å². The second kappa shape index (κ2) is 6.66. The molecule has 5 rings (SSSR count). The van der Waals surface area contributed by atoms with E-state index in [9.17, 15) is 13.2 Å². The van der Waals surface area contributed by atoms with Gasteiger partial charge in [-0.15, -0.1) is 10.2 Å². The van der Waals surface area contributed by atoms with Crippen LogP contribution in [0.1, 0.15) is 55.5 Å². The van der Waals surface area contributed by atoms with Gasteiger partial charge in [-0.25, -0.2) is 8.42 Å². The maximum atomic E-state index is 13.3. The summed E-state index contributed by atoms with van der Waals surface area (Å²) >= 11 is 0. The molecule has 8 nitrogen and oxygen atoms in total. The van der Waals surface area contributed by atoms with E-state index >= 15 is 0 Å². The van der Waals surface area contributed by atoms with Crippen LogP contribution in [0, 0.1) is 0 Å². The molecule has 148 valence electrons. The first-order chi connectivity index (χ1) is 13.5. The number of hydrogen-bond donors (Lipinski definition) is 1. The summed E-state index contributed by atoms with van der Waals surface area (Å²) < 4.78 is 30.3. The number of nitrogens with one attached hydrogen (secondary N) is 1. The summed E-state index contributed by atoms with van der Waals surface area (Å²) in [6.07, 6.45) is 6.75. The van der Waals surface area contributed by atoms with Crippen LogP contribution < -0.4 is 5.32 Å². The summed E-state index contributed by atoms with van der Waals surface area (Å²) in [7, 11) is -3.59. The van der Waals surface area contributed by atoms with E-state index in [0.29, 0.717) is 42.6 Å². The summed E-state index contributed by atoms with van der Waals surface area (Å²) in [5.74, 6) is 0.959. The fraction of sp³-hybridized carbons (Fsp3) is 0.526. The van der Waals surface area contributed by atoms with Crippen LogP contribution in [0.4, 0.5) is 5.69 Å². The number of amides is 1. The van der Waals surface area contributed by atoms with Gasteiger partial charge in [0, 0.05) is 37.2 Å². The van der Waals surface area contributed by atoms with E-state index in [2.05, 4.69) is 20.1 Å². The predicted molar refractivity (Wildman–Crippen MR) is 102 cm³/mol. The molecule has 0 bridgehead atoms. The Labute approximate surface area is 164 Å². The average molecular weight is 401 g/mol. The third kappa shape index (κ3) is 3.12. The van der Waals surface area contributed by atoms with Gasteiger partial charge in [-0.3, -0.25) is 4.79 Å². The Morgan fingerprint density at radius 1 is 1.14 bits per heavy atom. The van der Waals surface area contributed by atoms with Crippen LogP contribution in [0.15, 0.2) is 29.4 Å². The average Bonchev–Trinajstić information content (AvgIpc) is 3.44. The molecule has 28 heavy (non-hydrogen) atoms. The van der Waals surface area contributed by atoms with Gasteiger partial charge in [-0.1, -0.05) is 0 Å². The van der Waals surface area contributed by atoms with Gasteiger partial charge in [0.2, 0.25) is 15.9 Å². The fourth-order valence-electron chi connectivity index (χ4n) is 4.22. The smallest absolute Gasteiger partial charge is 0.243 e. The molecule has 3 heterocycles. The van der Waals surface area contributed by atoms with Gasteiger partial charge in [-0.05, 0) is 55.9 Å². The number of aryl methyl sites for hydroxylation is 1. The van der Waals surface area contributed by atoms with Crippen LogP contribution in [0.3, 0.4) is 0 Å². The van der Waals surface area contributed by atoms with Crippen LogP contribution in [0.5, 0.6) is 0 Å². The lowest BCUT2D eigenvalue weighted by Crippen LogP contribution is -2.39. The van der Waals surface area contributed by atoms with E-state index in [1.807, 2.05) is 0 Å². The number of fused-ring (bicyclic) bond motifs is 1. The van der Waals surface area contributed by atoms with Gasteiger partial charge in [0.1, 0.15) is 12.2 Å². The normalized spacial score (nSPS) is 23.3. The number of carbonyl (C=O) groups is 1. The number of rotatable bonds is 4. The van der Waals surface area contributed by atoms with Crippen molar-refractivity contribution in [3.05, 3.63) is 35.9 Å². The number of sulfonamides is 1. The molecule has 1 N–H and O–H groups in total. The van der Waals surface area contributed by atoms with Crippen molar-refractivity contribution in [2.45, 2.75) is 55.4 Å². The lowest BCUT2D eigenvalue weighted by molar-refractivity contribution is -0.116. The van der Waals surface area contributed by atoms with E-state index in [0.717, 1.165) is 37.1 Å². The summed E-state index contributed by atoms with van der Waals surface area (Å²) in [4.78, 5) is 11.8. The SMILES string of the molecule is O=C1CCc2cc(S(=O)(=O)N3CCC[C@@H](c4nncn4C4CC4)C3)ccc2N1. The highest BCUT2D eigenvalue weighted by Gasteiger charge is 2.35. The number of aromatic nitrogens is 3. The molecule has 1 aliphatic carbocycles. The highest BCUT2D eigenvalue weighted by molar-refractivity contribution is 7.89. The molecule has 1 atom stereocenters. The molecule has 0 radical (unpaired) electrons. The maximum Gasteiger partial charge on any atom is 0.243 e.